The van der Waals surface area contributed by atoms with E-state index in [1.54, 1.807) is 6.08 Å². The number of hydrogen-bond acceptors (Lipinski definition) is 10. The Labute approximate surface area is 478 Å². The van der Waals surface area contributed by atoms with Crippen LogP contribution in [-0.4, -0.2) is 100 Å². The van der Waals surface area contributed by atoms with Crippen molar-refractivity contribution in [2.75, 3.05) is 19.8 Å². The maximum Gasteiger partial charge on any atom is 0.305 e. The van der Waals surface area contributed by atoms with Gasteiger partial charge in [-0.05, 0) is 83.5 Å². The number of allylic oxidation sites excluding steroid dienone is 9. The molecule has 11 nitrogen and oxygen atoms in total. The molecule has 11 heteroatoms. The first-order valence-electron chi connectivity index (χ1n) is 32.6. The zero-order chi connectivity index (χ0) is 56.6. The van der Waals surface area contributed by atoms with Crippen LogP contribution in [0.2, 0.25) is 0 Å². The van der Waals surface area contributed by atoms with E-state index in [2.05, 4.69) is 67.8 Å². The molecule has 78 heavy (non-hydrogen) atoms. The van der Waals surface area contributed by atoms with E-state index >= 15 is 0 Å². The number of carbonyl (C=O) groups is 2. The standard InChI is InChI=1S/C67H121NO10/c1-3-5-7-9-11-13-15-31-35-39-43-47-51-55-63(72)76-56-52-48-44-40-36-33-30-28-26-24-22-20-18-16-17-19-21-23-25-27-29-32-34-38-42-46-50-54-62(71)68-59(58-77-67-66(75)65(74)64(73)61(57-69)78-67)60(70)53-49-45-41-37-14-12-10-8-6-4-2/h6,8,14,16-17,20,22,37,49,53,59-61,64-67,69-70,73-75H,3-5,7,9-13,15,18-19,21,23-36,38-48,50-52,54-58H2,1-2H3,(H,68,71)/b8-6+,17-16-,22-20-,37-14+,53-49+. The van der Waals surface area contributed by atoms with Gasteiger partial charge < -0.3 is 45.1 Å². The molecule has 1 saturated heterocycles. The molecule has 0 radical (unpaired) electrons. The monoisotopic (exact) mass is 1100 g/mol. The highest BCUT2D eigenvalue weighted by Crippen LogP contribution is 2.23. The Hall–Kier alpha value is -2.64. The number of nitrogens with one attached hydrogen (secondary N) is 1. The minimum Gasteiger partial charge on any atom is -0.466 e. The minimum absolute atomic E-state index is 0.00153. The first-order chi connectivity index (χ1) is 38.2. The normalized spacial score (nSPS) is 18.9. The molecule has 0 spiro atoms. The van der Waals surface area contributed by atoms with Gasteiger partial charge in [0.2, 0.25) is 5.91 Å². The van der Waals surface area contributed by atoms with E-state index in [0.717, 1.165) is 83.5 Å². The van der Waals surface area contributed by atoms with Crippen LogP contribution >= 0.6 is 0 Å². The van der Waals surface area contributed by atoms with Crippen LogP contribution in [0.25, 0.3) is 0 Å². The number of carbonyl (C=O) groups excluding carboxylic acids is 2. The van der Waals surface area contributed by atoms with Gasteiger partial charge in [-0.15, -0.1) is 0 Å². The second-order valence-corrected chi connectivity index (χ2v) is 22.4. The van der Waals surface area contributed by atoms with Crippen LogP contribution in [0.15, 0.2) is 60.8 Å². The molecule has 454 valence electrons. The summed E-state index contributed by atoms with van der Waals surface area (Å²) in [5.41, 5.74) is 0. The van der Waals surface area contributed by atoms with E-state index in [1.807, 2.05) is 6.08 Å². The van der Waals surface area contributed by atoms with Gasteiger partial charge in [-0.3, -0.25) is 9.59 Å². The lowest BCUT2D eigenvalue weighted by Crippen LogP contribution is -2.60. The second-order valence-electron chi connectivity index (χ2n) is 22.4. The number of aliphatic hydroxyl groups excluding tert-OH is 5. The molecule has 1 aliphatic heterocycles. The molecule has 0 aromatic carbocycles. The van der Waals surface area contributed by atoms with Crippen LogP contribution < -0.4 is 5.32 Å². The highest BCUT2D eigenvalue weighted by Gasteiger charge is 2.44. The highest BCUT2D eigenvalue weighted by molar-refractivity contribution is 5.76. The number of esters is 1. The quantitative estimate of drug-likeness (QED) is 0.0195. The number of amides is 1. The summed E-state index contributed by atoms with van der Waals surface area (Å²) in [6, 6.07) is -0.837. The van der Waals surface area contributed by atoms with Crippen molar-refractivity contribution in [2.45, 2.75) is 333 Å². The predicted molar refractivity (Wildman–Crippen MR) is 324 cm³/mol. The van der Waals surface area contributed by atoms with Crippen LogP contribution in [0, 0.1) is 0 Å². The first kappa shape index (κ1) is 73.4. The Morgan fingerprint density at radius 1 is 0.487 bits per heavy atom. The van der Waals surface area contributed by atoms with Crippen molar-refractivity contribution in [3.63, 3.8) is 0 Å². The van der Waals surface area contributed by atoms with E-state index in [9.17, 15) is 35.1 Å². The molecule has 7 unspecified atom stereocenters. The predicted octanol–water partition coefficient (Wildman–Crippen LogP) is 15.8. The summed E-state index contributed by atoms with van der Waals surface area (Å²) < 4.78 is 16.7. The van der Waals surface area contributed by atoms with Crippen LogP contribution in [0.1, 0.15) is 290 Å². The maximum absolute atomic E-state index is 13.0. The van der Waals surface area contributed by atoms with Crippen LogP contribution in [0.4, 0.5) is 0 Å². The summed E-state index contributed by atoms with van der Waals surface area (Å²) in [5, 5.41) is 54.2. The van der Waals surface area contributed by atoms with Gasteiger partial charge in [-0.1, -0.05) is 254 Å². The Morgan fingerprint density at radius 2 is 0.910 bits per heavy atom. The van der Waals surface area contributed by atoms with Crippen LogP contribution in [-0.2, 0) is 23.8 Å². The molecule has 7 atom stereocenters. The molecule has 1 heterocycles. The summed E-state index contributed by atoms with van der Waals surface area (Å²) in [6.07, 6.45) is 63.5. The van der Waals surface area contributed by atoms with Crippen molar-refractivity contribution in [3.05, 3.63) is 60.8 Å². The van der Waals surface area contributed by atoms with E-state index in [0.29, 0.717) is 19.4 Å². The average Bonchev–Trinajstić information content (AvgIpc) is 3.44. The summed E-state index contributed by atoms with van der Waals surface area (Å²) in [4.78, 5) is 25.1. The van der Waals surface area contributed by atoms with Crippen molar-refractivity contribution >= 4 is 11.9 Å². The number of ether oxygens (including phenoxy) is 3. The minimum atomic E-state index is -1.58. The van der Waals surface area contributed by atoms with Crippen molar-refractivity contribution in [1.82, 2.24) is 5.32 Å². The van der Waals surface area contributed by atoms with Gasteiger partial charge >= 0.3 is 5.97 Å². The Morgan fingerprint density at radius 3 is 1.40 bits per heavy atom. The Balaban J connectivity index is 1.99. The molecule has 0 bridgehead atoms. The Kier molecular flexibility index (Phi) is 52.9. The highest BCUT2D eigenvalue weighted by atomic mass is 16.7. The van der Waals surface area contributed by atoms with Crippen molar-refractivity contribution in [1.29, 1.82) is 0 Å². The third-order valence-electron chi connectivity index (χ3n) is 15.1. The molecule has 6 N–H and O–H groups in total. The smallest absolute Gasteiger partial charge is 0.305 e. The van der Waals surface area contributed by atoms with Crippen molar-refractivity contribution < 1.29 is 49.3 Å². The third kappa shape index (κ3) is 45.0. The summed E-state index contributed by atoms with van der Waals surface area (Å²) >= 11 is 0. The SMILES string of the molecule is CC/C=C/CC/C=C/CC/C=C/C(O)C(COC1OC(CO)C(O)C(O)C1O)NC(=O)CCCCCCCCCCCCC/C=C\C/C=C\CCCCCCCCCCCOC(=O)CCCCCCCCCCCCCCC. The van der Waals surface area contributed by atoms with Gasteiger partial charge in [0.25, 0.3) is 0 Å². The molecule has 0 saturated carbocycles. The van der Waals surface area contributed by atoms with Gasteiger partial charge in [-0.2, -0.15) is 0 Å². The van der Waals surface area contributed by atoms with E-state index in [1.165, 1.54) is 180 Å². The second kappa shape index (κ2) is 56.2. The number of hydrogen-bond donors (Lipinski definition) is 6. The molecular weight excluding hydrogens is 979 g/mol. The molecule has 0 aliphatic carbocycles. The lowest BCUT2D eigenvalue weighted by Gasteiger charge is -2.40. The molecular formula is C67H121NO10. The van der Waals surface area contributed by atoms with Gasteiger partial charge in [0.05, 0.1) is 32.0 Å². The molecule has 0 aromatic heterocycles. The summed E-state index contributed by atoms with van der Waals surface area (Å²) in [6.45, 7) is 4.20. The third-order valence-corrected chi connectivity index (χ3v) is 15.1. The molecule has 1 aliphatic rings. The molecule has 1 fully saturated rings. The lowest BCUT2D eigenvalue weighted by atomic mass is 9.99. The molecule has 1 rings (SSSR count). The van der Waals surface area contributed by atoms with E-state index < -0.39 is 49.5 Å². The molecule has 0 aromatic rings. The van der Waals surface area contributed by atoms with Crippen molar-refractivity contribution in [2.24, 2.45) is 0 Å². The topological polar surface area (TPSA) is 175 Å². The van der Waals surface area contributed by atoms with Gasteiger partial charge in [0.1, 0.15) is 24.4 Å². The van der Waals surface area contributed by atoms with E-state index in [4.69, 9.17) is 14.2 Å². The fraction of sp³-hybridized carbons (Fsp3) is 0.821. The lowest BCUT2D eigenvalue weighted by molar-refractivity contribution is -0.302. The maximum atomic E-state index is 13.0. The van der Waals surface area contributed by atoms with Crippen LogP contribution in [0.5, 0.6) is 0 Å². The Bertz CT molecular complexity index is 1480. The number of aliphatic hydroxyl groups is 5. The van der Waals surface area contributed by atoms with Crippen LogP contribution in [0.3, 0.4) is 0 Å². The number of unbranched alkanes of at least 4 members (excludes halogenated alkanes) is 34. The first-order valence-corrected chi connectivity index (χ1v) is 32.6. The van der Waals surface area contributed by atoms with Crippen molar-refractivity contribution in [3.8, 4) is 0 Å². The average molecular weight is 1100 g/mol. The van der Waals surface area contributed by atoms with Gasteiger partial charge in [0, 0.05) is 12.8 Å². The summed E-state index contributed by atoms with van der Waals surface area (Å²) in [7, 11) is 0. The van der Waals surface area contributed by atoms with E-state index in [-0.39, 0.29) is 18.5 Å². The number of rotatable bonds is 56. The zero-order valence-corrected chi connectivity index (χ0v) is 50.1. The van der Waals surface area contributed by atoms with Gasteiger partial charge in [0.15, 0.2) is 6.29 Å². The fourth-order valence-corrected chi connectivity index (χ4v) is 9.98. The zero-order valence-electron chi connectivity index (χ0n) is 50.1. The largest absolute Gasteiger partial charge is 0.466 e. The van der Waals surface area contributed by atoms with Gasteiger partial charge in [-0.25, -0.2) is 0 Å². The summed E-state index contributed by atoms with van der Waals surface area (Å²) in [5.74, 6) is -0.201. The molecule has 1 amide bonds. The fourth-order valence-electron chi connectivity index (χ4n) is 9.98.